The number of allylic oxidation sites excluding steroid dienone is 1. The van der Waals surface area contributed by atoms with Gasteiger partial charge in [0.15, 0.2) is 16.8 Å². The number of aliphatic carboxylic acids is 1. The van der Waals surface area contributed by atoms with Crippen molar-refractivity contribution in [3.05, 3.63) is 47.5 Å². The molecule has 0 radical (unpaired) electrons. The van der Waals surface area contributed by atoms with Crippen LogP contribution in [-0.4, -0.2) is 55.7 Å². The Kier molecular flexibility index (Phi) is 10.3. The van der Waals surface area contributed by atoms with Gasteiger partial charge in [0.1, 0.15) is 6.04 Å². The zero-order chi connectivity index (χ0) is 26.2. The maximum Gasteiger partial charge on any atom is 0.326 e. The number of thioether (sulfide) groups is 1. The van der Waals surface area contributed by atoms with Crippen LogP contribution in [0, 0.1) is 11.6 Å². The summed E-state index contributed by atoms with van der Waals surface area (Å²) in [5.74, 6) is -7.49. The lowest BCUT2D eigenvalue weighted by molar-refractivity contribution is -0.139. The van der Waals surface area contributed by atoms with Gasteiger partial charge >= 0.3 is 5.97 Å². The molecule has 0 saturated heterocycles. The molecule has 0 bridgehead atoms. The van der Waals surface area contributed by atoms with Crippen molar-refractivity contribution in [1.29, 1.82) is 0 Å². The largest absolute Gasteiger partial charge is 0.480 e. The van der Waals surface area contributed by atoms with Crippen molar-refractivity contribution in [1.82, 2.24) is 15.0 Å². The summed E-state index contributed by atoms with van der Waals surface area (Å²) in [6.07, 6.45) is 0.189. The van der Waals surface area contributed by atoms with Crippen molar-refractivity contribution in [2.24, 2.45) is 0 Å². The number of hydrogen-bond acceptors (Lipinski definition) is 8. The summed E-state index contributed by atoms with van der Waals surface area (Å²) in [6, 6.07) is 1.51. The number of hydrogen-bond donors (Lipinski definition) is 4. The first-order valence-electron chi connectivity index (χ1n) is 10.7. The Hall–Kier alpha value is -2.93. The second kappa shape index (κ2) is 12.7. The number of nitrogens with zero attached hydrogens (tertiary/aromatic N) is 3. The molecule has 0 saturated carbocycles. The highest BCUT2D eigenvalue weighted by molar-refractivity contribution is 7.98. The van der Waals surface area contributed by atoms with E-state index in [-0.39, 0.29) is 35.0 Å². The maximum atomic E-state index is 14.1. The van der Waals surface area contributed by atoms with Crippen molar-refractivity contribution in [3.63, 3.8) is 0 Å². The van der Waals surface area contributed by atoms with Gasteiger partial charge in [0.2, 0.25) is 11.9 Å². The zero-order valence-electron chi connectivity index (χ0n) is 19.2. The first-order chi connectivity index (χ1) is 16.5. The first kappa shape index (κ1) is 28.3. The molecule has 192 valence electrons. The lowest BCUT2D eigenvalue weighted by Crippen LogP contribution is -2.37. The smallest absolute Gasteiger partial charge is 0.326 e. The molecule has 0 aliphatic rings. The van der Waals surface area contributed by atoms with Gasteiger partial charge < -0.3 is 20.8 Å². The van der Waals surface area contributed by atoms with Gasteiger partial charge in [0.25, 0.3) is 5.92 Å². The summed E-state index contributed by atoms with van der Waals surface area (Å²) in [5, 5.41) is 24.3. The van der Waals surface area contributed by atoms with E-state index >= 15 is 0 Å². The van der Waals surface area contributed by atoms with Crippen LogP contribution in [-0.2, 0) is 10.5 Å². The van der Waals surface area contributed by atoms with Crippen molar-refractivity contribution in [2.45, 2.75) is 62.0 Å². The number of aliphatic hydroxyl groups is 1. The van der Waals surface area contributed by atoms with Gasteiger partial charge in [0, 0.05) is 17.7 Å². The van der Waals surface area contributed by atoms with Gasteiger partial charge in [-0.2, -0.15) is 15.0 Å². The molecule has 1 heterocycles. The van der Waals surface area contributed by atoms with Crippen LogP contribution < -0.4 is 10.6 Å². The van der Waals surface area contributed by atoms with E-state index in [1.54, 1.807) is 0 Å². The SMILES string of the molecule is C=C(C)C(F)(F)CC(Nc1nc(N[C@@H](CO)CCC)nc(SCc2cccc(F)c2F)n1)C(=O)O. The van der Waals surface area contributed by atoms with Crippen molar-refractivity contribution in [3.8, 4) is 0 Å². The molecule has 0 fully saturated rings. The van der Waals surface area contributed by atoms with Gasteiger partial charge in [-0.3, -0.25) is 0 Å². The number of anilines is 2. The van der Waals surface area contributed by atoms with Crippen LogP contribution in [0.15, 0.2) is 35.5 Å². The average Bonchev–Trinajstić information content (AvgIpc) is 2.79. The molecule has 2 aromatic rings. The summed E-state index contributed by atoms with van der Waals surface area (Å²) in [4.78, 5) is 23.9. The molecule has 13 heteroatoms. The molecule has 35 heavy (non-hydrogen) atoms. The van der Waals surface area contributed by atoms with Gasteiger partial charge in [-0.15, -0.1) is 0 Å². The molecule has 0 aliphatic carbocycles. The monoisotopic (exact) mass is 517 g/mol. The molecular weight excluding hydrogens is 490 g/mol. The molecule has 1 aromatic carbocycles. The zero-order valence-corrected chi connectivity index (χ0v) is 20.0. The second-order valence-electron chi connectivity index (χ2n) is 7.80. The summed E-state index contributed by atoms with van der Waals surface area (Å²) in [6.45, 7) is 5.94. The van der Waals surface area contributed by atoms with Crippen LogP contribution in [0.1, 0.15) is 38.7 Å². The molecular formula is C22H27F4N5O3S. The number of benzene rings is 1. The number of nitrogens with one attached hydrogen (secondary N) is 2. The van der Waals surface area contributed by atoms with E-state index in [1.807, 2.05) is 6.92 Å². The summed E-state index contributed by atoms with van der Waals surface area (Å²) >= 11 is 0.905. The Morgan fingerprint density at radius 3 is 2.43 bits per heavy atom. The first-order valence-corrected chi connectivity index (χ1v) is 11.7. The van der Waals surface area contributed by atoms with E-state index in [4.69, 9.17) is 0 Å². The molecule has 1 aromatic heterocycles. The molecule has 1 unspecified atom stereocenters. The topological polar surface area (TPSA) is 120 Å². The number of aromatic nitrogens is 3. The van der Waals surface area contributed by atoms with Gasteiger partial charge in [-0.25, -0.2) is 22.4 Å². The molecule has 0 aliphatic heterocycles. The minimum Gasteiger partial charge on any atom is -0.480 e. The predicted octanol–water partition coefficient (Wildman–Crippen LogP) is 4.48. The Balaban J connectivity index is 2.35. The normalized spacial score (nSPS) is 13.2. The Labute approximate surface area is 204 Å². The van der Waals surface area contributed by atoms with E-state index < -0.39 is 47.6 Å². The summed E-state index contributed by atoms with van der Waals surface area (Å²) < 4.78 is 55.8. The van der Waals surface area contributed by atoms with Crippen LogP contribution in [0.4, 0.5) is 29.5 Å². The highest BCUT2D eigenvalue weighted by atomic mass is 32.2. The fourth-order valence-electron chi connectivity index (χ4n) is 2.88. The third-order valence-corrected chi connectivity index (χ3v) is 5.78. The predicted molar refractivity (Wildman–Crippen MR) is 125 cm³/mol. The Morgan fingerprint density at radius 2 is 1.86 bits per heavy atom. The highest BCUT2D eigenvalue weighted by Crippen LogP contribution is 2.29. The second-order valence-corrected chi connectivity index (χ2v) is 8.75. The number of halogens is 4. The standard InChI is InChI=1S/C22H27F4N5O3S/c1-4-6-14(10-32)27-19-29-20(28-16(18(33)34)9-22(25,26)12(2)3)31-21(30-19)35-11-13-7-5-8-15(23)17(13)24/h5,7-8,14,16,32H,2,4,6,9-11H2,1,3H3,(H,33,34)(H2,27,28,29,30,31)/t14-,16?/m1/s1. The van der Waals surface area contributed by atoms with Crippen molar-refractivity contribution >= 4 is 29.6 Å². The lowest BCUT2D eigenvalue weighted by Gasteiger charge is -2.22. The molecule has 0 spiro atoms. The van der Waals surface area contributed by atoms with E-state index in [0.717, 1.165) is 31.2 Å². The number of rotatable bonds is 14. The summed E-state index contributed by atoms with van der Waals surface area (Å²) in [5.41, 5.74) is -0.453. The van der Waals surface area contributed by atoms with Crippen LogP contribution in [0.5, 0.6) is 0 Å². The maximum absolute atomic E-state index is 14.1. The number of alkyl halides is 2. The van der Waals surface area contributed by atoms with Crippen LogP contribution >= 0.6 is 11.8 Å². The fraction of sp³-hybridized carbons (Fsp3) is 0.455. The quantitative estimate of drug-likeness (QED) is 0.163. The number of carbonyl (C=O) groups is 1. The van der Waals surface area contributed by atoms with E-state index in [0.29, 0.717) is 6.42 Å². The third-order valence-electron chi connectivity index (χ3n) is 4.88. The third kappa shape index (κ3) is 8.35. The fourth-order valence-corrected chi connectivity index (χ4v) is 3.69. The number of aliphatic hydroxyl groups excluding tert-OH is 1. The highest BCUT2D eigenvalue weighted by Gasteiger charge is 2.37. The van der Waals surface area contributed by atoms with E-state index in [2.05, 4.69) is 32.2 Å². The number of carboxylic acid groups (broad SMARTS) is 1. The van der Waals surface area contributed by atoms with E-state index in [1.165, 1.54) is 12.1 Å². The van der Waals surface area contributed by atoms with Crippen molar-refractivity contribution < 1.29 is 32.6 Å². The van der Waals surface area contributed by atoms with Crippen molar-refractivity contribution in [2.75, 3.05) is 17.2 Å². The average molecular weight is 518 g/mol. The van der Waals surface area contributed by atoms with Crippen LogP contribution in [0.2, 0.25) is 0 Å². The minimum atomic E-state index is -3.46. The molecule has 2 atom stereocenters. The lowest BCUT2D eigenvalue weighted by atomic mass is 10.0. The van der Waals surface area contributed by atoms with Gasteiger partial charge in [-0.1, -0.05) is 43.8 Å². The Morgan fingerprint density at radius 1 is 1.20 bits per heavy atom. The Bertz CT molecular complexity index is 1040. The molecule has 4 N–H and O–H groups in total. The summed E-state index contributed by atoms with van der Waals surface area (Å²) in [7, 11) is 0. The van der Waals surface area contributed by atoms with Crippen LogP contribution in [0.25, 0.3) is 0 Å². The van der Waals surface area contributed by atoms with Gasteiger partial charge in [-0.05, 0) is 25.0 Å². The van der Waals surface area contributed by atoms with Gasteiger partial charge in [0.05, 0.1) is 12.6 Å². The number of carboxylic acids is 1. The molecule has 2 rings (SSSR count). The minimum absolute atomic E-state index is 0.00218. The van der Waals surface area contributed by atoms with E-state index in [9.17, 15) is 32.6 Å². The molecule has 0 amide bonds. The van der Waals surface area contributed by atoms with Crippen LogP contribution in [0.3, 0.4) is 0 Å². The molecule has 8 nitrogen and oxygen atoms in total.